The van der Waals surface area contributed by atoms with Crippen LogP contribution in [0.1, 0.15) is 25.0 Å². The summed E-state index contributed by atoms with van der Waals surface area (Å²) < 4.78 is 5.94. The van der Waals surface area contributed by atoms with Crippen molar-refractivity contribution < 1.29 is 4.74 Å². The Morgan fingerprint density at radius 1 is 1.05 bits per heavy atom. The molecule has 0 saturated carbocycles. The van der Waals surface area contributed by atoms with Gasteiger partial charge in [0.2, 0.25) is 0 Å². The number of halogens is 2. The molecule has 2 nitrogen and oxygen atoms in total. The molecule has 0 atom stereocenters. The third kappa shape index (κ3) is 6.27. The van der Waals surface area contributed by atoms with E-state index in [0.29, 0.717) is 12.5 Å². The number of hydrogen-bond donors (Lipinski definition) is 1. The molecule has 120 valence electrons. The average molecular weight is 340 g/mol. The lowest BCUT2D eigenvalue weighted by atomic mass is 10.1. The normalized spacial score (nSPS) is 10.4. The molecule has 0 radical (unpaired) electrons. The fourth-order valence-corrected chi connectivity index (χ4v) is 2.15. The summed E-state index contributed by atoms with van der Waals surface area (Å²) in [6.45, 7) is 6.80. The molecule has 4 heteroatoms. The Morgan fingerprint density at radius 2 is 1.73 bits per heavy atom. The molecule has 2 rings (SSSR count). The highest BCUT2D eigenvalue weighted by atomic mass is 35.5. The molecule has 2 aromatic carbocycles. The molecule has 0 saturated heterocycles. The third-order valence-electron chi connectivity index (χ3n) is 3.15. The molecular formula is C18H23Cl2NO. The Bertz CT molecular complexity index is 555. The van der Waals surface area contributed by atoms with E-state index >= 15 is 0 Å². The molecule has 0 fully saturated rings. The van der Waals surface area contributed by atoms with E-state index in [1.54, 1.807) is 0 Å². The van der Waals surface area contributed by atoms with Crippen molar-refractivity contribution in [3.05, 3.63) is 64.7 Å². The van der Waals surface area contributed by atoms with Gasteiger partial charge in [-0.25, -0.2) is 0 Å². The summed E-state index contributed by atoms with van der Waals surface area (Å²) in [5, 5.41) is 4.20. The maximum Gasteiger partial charge on any atom is 0.124 e. The van der Waals surface area contributed by atoms with Gasteiger partial charge in [0.15, 0.2) is 0 Å². The Kier molecular flexibility index (Phi) is 8.32. The molecular weight excluding hydrogens is 317 g/mol. The molecule has 0 aliphatic carbocycles. The lowest BCUT2D eigenvalue weighted by Crippen LogP contribution is -2.19. The van der Waals surface area contributed by atoms with Crippen molar-refractivity contribution in [2.24, 2.45) is 5.92 Å². The van der Waals surface area contributed by atoms with E-state index in [1.807, 2.05) is 42.5 Å². The van der Waals surface area contributed by atoms with Crippen LogP contribution in [0.15, 0.2) is 48.5 Å². The Balaban J connectivity index is 0.00000242. The summed E-state index contributed by atoms with van der Waals surface area (Å²) in [5.41, 5.74) is 2.30. The van der Waals surface area contributed by atoms with Crippen molar-refractivity contribution in [1.29, 1.82) is 0 Å². The van der Waals surface area contributed by atoms with Crippen LogP contribution < -0.4 is 10.1 Å². The van der Waals surface area contributed by atoms with Gasteiger partial charge in [0.05, 0.1) is 0 Å². The van der Waals surface area contributed by atoms with E-state index < -0.39 is 0 Å². The van der Waals surface area contributed by atoms with Gasteiger partial charge in [-0.3, -0.25) is 0 Å². The van der Waals surface area contributed by atoms with E-state index in [2.05, 4.69) is 25.2 Å². The number of benzene rings is 2. The number of ether oxygens (including phenoxy) is 1. The fourth-order valence-electron chi connectivity index (χ4n) is 2.03. The highest BCUT2D eigenvalue weighted by molar-refractivity contribution is 6.30. The molecule has 0 aliphatic heterocycles. The lowest BCUT2D eigenvalue weighted by Gasteiger charge is -2.13. The quantitative estimate of drug-likeness (QED) is 0.758. The lowest BCUT2D eigenvalue weighted by molar-refractivity contribution is 0.302. The summed E-state index contributed by atoms with van der Waals surface area (Å²) in [4.78, 5) is 0. The fraction of sp³-hybridized carbons (Fsp3) is 0.333. The van der Waals surface area contributed by atoms with Crippen molar-refractivity contribution in [1.82, 2.24) is 5.32 Å². The Morgan fingerprint density at radius 3 is 2.41 bits per heavy atom. The first-order valence-corrected chi connectivity index (χ1v) is 7.69. The molecule has 0 bridgehead atoms. The van der Waals surface area contributed by atoms with Crippen LogP contribution in [-0.2, 0) is 13.2 Å². The van der Waals surface area contributed by atoms with Crippen LogP contribution in [0.3, 0.4) is 0 Å². The summed E-state index contributed by atoms with van der Waals surface area (Å²) in [6, 6.07) is 15.9. The van der Waals surface area contributed by atoms with Crippen molar-refractivity contribution in [2.45, 2.75) is 27.0 Å². The third-order valence-corrected chi connectivity index (χ3v) is 3.40. The smallest absolute Gasteiger partial charge is 0.124 e. The highest BCUT2D eigenvalue weighted by Crippen LogP contribution is 2.20. The van der Waals surface area contributed by atoms with Crippen LogP contribution in [0.5, 0.6) is 5.75 Å². The molecule has 0 amide bonds. The second kappa shape index (κ2) is 9.73. The Labute approximate surface area is 144 Å². The van der Waals surface area contributed by atoms with Crippen molar-refractivity contribution in [3.8, 4) is 5.75 Å². The summed E-state index contributed by atoms with van der Waals surface area (Å²) >= 11 is 5.89. The van der Waals surface area contributed by atoms with Gasteiger partial charge in [0, 0.05) is 17.1 Å². The monoisotopic (exact) mass is 339 g/mol. The predicted molar refractivity (Wildman–Crippen MR) is 96.0 cm³/mol. The number of nitrogens with one attached hydrogen (secondary N) is 1. The first kappa shape index (κ1) is 18.8. The van der Waals surface area contributed by atoms with Crippen molar-refractivity contribution in [3.63, 3.8) is 0 Å². The molecule has 0 unspecified atom stereocenters. The number of hydrogen-bond acceptors (Lipinski definition) is 2. The summed E-state index contributed by atoms with van der Waals surface area (Å²) in [5.74, 6) is 1.58. The van der Waals surface area contributed by atoms with E-state index in [0.717, 1.165) is 29.4 Å². The van der Waals surface area contributed by atoms with Gasteiger partial charge >= 0.3 is 0 Å². The number of rotatable bonds is 7. The zero-order valence-electron chi connectivity index (χ0n) is 13.0. The summed E-state index contributed by atoms with van der Waals surface area (Å²) in [6.07, 6.45) is 0. The van der Waals surface area contributed by atoms with Gasteiger partial charge in [0.25, 0.3) is 0 Å². The van der Waals surface area contributed by atoms with Gasteiger partial charge in [-0.05, 0) is 36.2 Å². The topological polar surface area (TPSA) is 21.3 Å². The predicted octanol–water partition coefficient (Wildman–Crippen LogP) is 5.09. The minimum Gasteiger partial charge on any atom is -0.489 e. The largest absolute Gasteiger partial charge is 0.489 e. The highest BCUT2D eigenvalue weighted by Gasteiger charge is 2.04. The minimum absolute atomic E-state index is 0. The van der Waals surface area contributed by atoms with Gasteiger partial charge in [0.1, 0.15) is 12.4 Å². The van der Waals surface area contributed by atoms with Crippen LogP contribution in [0.4, 0.5) is 0 Å². The molecule has 0 aromatic heterocycles. The van der Waals surface area contributed by atoms with E-state index in [9.17, 15) is 0 Å². The van der Waals surface area contributed by atoms with E-state index in [-0.39, 0.29) is 12.4 Å². The average Bonchev–Trinajstić information content (AvgIpc) is 2.47. The van der Waals surface area contributed by atoms with Crippen molar-refractivity contribution in [2.75, 3.05) is 6.54 Å². The SMILES string of the molecule is CC(C)CNCc1ccccc1OCc1ccc(Cl)cc1.Cl. The van der Waals surface area contributed by atoms with Gasteiger partial charge in [-0.1, -0.05) is 55.8 Å². The molecule has 22 heavy (non-hydrogen) atoms. The van der Waals surface area contributed by atoms with Crippen LogP contribution in [-0.4, -0.2) is 6.54 Å². The molecule has 1 N–H and O–H groups in total. The maximum atomic E-state index is 5.94. The van der Waals surface area contributed by atoms with E-state index in [4.69, 9.17) is 16.3 Å². The van der Waals surface area contributed by atoms with Crippen molar-refractivity contribution >= 4 is 24.0 Å². The molecule has 0 spiro atoms. The zero-order valence-corrected chi connectivity index (χ0v) is 14.6. The standard InChI is InChI=1S/C18H22ClNO.ClH/c1-14(2)11-20-12-16-5-3-4-6-18(16)21-13-15-7-9-17(19)10-8-15;/h3-10,14,20H,11-13H2,1-2H3;1H. The first-order chi connectivity index (χ1) is 10.1. The van der Waals surface area contributed by atoms with E-state index in [1.165, 1.54) is 5.56 Å². The van der Waals surface area contributed by atoms with Gasteiger partial charge in [-0.15, -0.1) is 12.4 Å². The molecule has 0 aliphatic rings. The second-order valence-corrected chi connectivity index (χ2v) is 5.98. The first-order valence-electron chi connectivity index (χ1n) is 7.31. The van der Waals surface area contributed by atoms with Crippen LogP contribution in [0.2, 0.25) is 5.02 Å². The molecule has 0 heterocycles. The number of para-hydroxylation sites is 1. The van der Waals surface area contributed by atoms with Crippen LogP contribution in [0.25, 0.3) is 0 Å². The van der Waals surface area contributed by atoms with Gasteiger partial charge < -0.3 is 10.1 Å². The summed E-state index contributed by atoms with van der Waals surface area (Å²) in [7, 11) is 0. The Hall–Kier alpha value is -1.22. The maximum absolute atomic E-state index is 5.94. The molecule has 2 aromatic rings. The second-order valence-electron chi connectivity index (χ2n) is 5.55. The van der Waals surface area contributed by atoms with Gasteiger partial charge in [-0.2, -0.15) is 0 Å². The minimum atomic E-state index is 0. The van der Waals surface area contributed by atoms with Crippen LogP contribution in [0, 0.1) is 5.92 Å². The van der Waals surface area contributed by atoms with Crippen LogP contribution >= 0.6 is 24.0 Å². The zero-order chi connectivity index (χ0) is 15.1.